The van der Waals surface area contributed by atoms with Gasteiger partial charge in [-0.3, -0.25) is 0 Å². The van der Waals surface area contributed by atoms with Gasteiger partial charge in [-0.1, -0.05) is 23.2 Å². The topological polar surface area (TPSA) is 66.4 Å². The molecule has 4 nitrogen and oxygen atoms in total. The summed E-state index contributed by atoms with van der Waals surface area (Å²) in [6, 6.07) is 4.84. The summed E-state index contributed by atoms with van der Waals surface area (Å²) >= 11 is 11.7. The van der Waals surface area contributed by atoms with E-state index < -0.39 is 15.9 Å². The maximum Gasteiger partial charge on any atom is 0.148 e. The molecule has 0 aliphatic rings. The first-order valence-electron chi connectivity index (χ1n) is 5.31. The Balaban J connectivity index is 2.50. The van der Waals surface area contributed by atoms with Crippen molar-refractivity contribution in [3.63, 3.8) is 0 Å². The third-order valence-corrected chi connectivity index (χ3v) is 3.83. The van der Waals surface area contributed by atoms with Gasteiger partial charge in [0.1, 0.15) is 9.84 Å². The Morgan fingerprint density at radius 1 is 1.39 bits per heavy atom. The molecule has 0 fully saturated rings. The third-order valence-electron chi connectivity index (χ3n) is 2.30. The molecule has 0 spiro atoms. The molecule has 0 aliphatic carbocycles. The van der Waals surface area contributed by atoms with E-state index in [9.17, 15) is 13.5 Å². The highest BCUT2D eigenvalue weighted by atomic mass is 35.5. The van der Waals surface area contributed by atoms with Gasteiger partial charge in [-0.15, -0.1) is 0 Å². The number of hydrogen-bond donors (Lipinski definition) is 2. The standard InChI is InChI=1S/C11H15Cl2NO3S/c1-18(16,17)5-4-14-7-11(15)9-6-8(12)2-3-10(9)13/h2-3,6,11,14-15H,4-5,7H2,1H3. The van der Waals surface area contributed by atoms with Gasteiger partial charge in [0.2, 0.25) is 0 Å². The van der Waals surface area contributed by atoms with Crippen molar-refractivity contribution in [2.75, 3.05) is 25.1 Å². The molecule has 0 heterocycles. The quantitative estimate of drug-likeness (QED) is 0.784. The van der Waals surface area contributed by atoms with E-state index in [0.29, 0.717) is 15.6 Å². The van der Waals surface area contributed by atoms with Crippen LogP contribution in [0.5, 0.6) is 0 Å². The monoisotopic (exact) mass is 311 g/mol. The van der Waals surface area contributed by atoms with Crippen molar-refractivity contribution in [3.05, 3.63) is 33.8 Å². The van der Waals surface area contributed by atoms with E-state index in [1.165, 1.54) is 6.26 Å². The molecular formula is C11H15Cl2NO3S. The Kier molecular flexibility index (Phi) is 5.88. The molecule has 0 saturated carbocycles. The molecule has 18 heavy (non-hydrogen) atoms. The zero-order valence-corrected chi connectivity index (χ0v) is 12.2. The minimum absolute atomic E-state index is 0.0308. The first-order chi connectivity index (χ1) is 8.29. The van der Waals surface area contributed by atoms with Crippen molar-refractivity contribution < 1.29 is 13.5 Å². The minimum atomic E-state index is -2.99. The number of aliphatic hydroxyl groups is 1. The van der Waals surface area contributed by atoms with Crippen molar-refractivity contribution in [1.82, 2.24) is 5.32 Å². The SMILES string of the molecule is CS(=O)(=O)CCNCC(O)c1cc(Cl)ccc1Cl. The van der Waals surface area contributed by atoms with Crippen LogP contribution in [0.3, 0.4) is 0 Å². The first kappa shape index (κ1) is 15.7. The molecular weight excluding hydrogens is 297 g/mol. The van der Waals surface area contributed by atoms with Crippen LogP contribution in [0.1, 0.15) is 11.7 Å². The summed E-state index contributed by atoms with van der Waals surface area (Å²) in [6.45, 7) is 0.504. The molecule has 0 bridgehead atoms. The largest absolute Gasteiger partial charge is 0.387 e. The summed E-state index contributed by atoms with van der Waals surface area (Å²) in [6.07, 6.45) is 0.342. The molecule has 0 aliphatic heterocycles. The van der Waals surface area contributed by atoms with Crippen molar-refractivity contribution in [2.24, 2.45) is 0 Å². The zero-order valence-electron chi connectivity index (χ0n) is 9.86. The molecule has 0 aromatic heterocycles. The lowest BCUT2D eigenvalue weighted by molar-refractivity contribution is 0.176. The van der Waals surface area contributed by atoms with Crippen LogP contribution in [-0.2, 0) is 9.84 Å². The van der Waals surface area contributed by atoms with Crippen LogP contribution in [0.25, 0.3) is 0 Å². The number of halogens is 2. The Labute approximate surface area is 117 Å². The highest BCUT2D eigenvalue weighted by molar-refractivity contribution is 7.90. The van der Waals surface area contributed by atoms with Crippen LogP contribution in [0.2, 0.25) is 10.0 Å². The number of nitrogens with one attached hydrogen (secondary N) is 1. The van der Waals surface area contributed by atoms with Gasteiger partial charge in [-0.25, -0.2) is 8.42 Å². The molecule has 1 unspecified atom stereocenters. The zero-order chi connectivity index (χ0) is 13.8. The molecule has 1 rings (SSSR count). The van der Waals surface area contributed by atoms with Crippen LogP contribution in [0, 0.1) is 0 Å². The van der Waals surface area contributed by atoms with Crippen molar-refractivity contribution in [2.45, 2.75) is 6.10 Å². The van der Waals surface area contributed by atoms with E-state index in [4.69, 9.17) is 23.2 Å². The molecule has 7 heteroatoms. The molecule has 0 radical (unpaired) electrons. The predicted molar refractivity (Wildman–Crippen MR) is 74.0 cm³/mol. The van der Waals surface area contributed by atoms with Crippen molar-refractivity contribution in [1.29, 1.82) is 0 Å². The smallest absolute Gasteiger partial charge is 0.148 e. The summed E-state index contributed by atoms with van der Waals surface area (Å²) in [4.78, 5) is 0. The van der Waals surface area contributed by atoms with E-state index in [1.54, 1.807) is 18.2 Å². The second-order valence-electron chi connectivity index (χ2n) is 4.02. The van der Waals surface area contributed by atoms with Crippen LogP contribution in [-0.4, -0.2) is 38.6 Å². The van der Waals surface area contributed by atoms with Gasteiger partial charge in [0.05, 0.1) is 11.9 Å². The summed E-state index contributed by atoms with van der Waals surface area (Å²) in [5, 5.41) is 13.7. The van der Waals surface area contributed by atoms with Gasteiger partial charge >= 0.3 is 0 Å². The van der Waals surface area contributed by atoms with E-state index >= 15 is 0 Å². The fourth-order valence-corrected chi connectivity index (χ4v) is 2.32. The highest BCUT2D eigenvalue weighted by Gasteiger charge is 2.12. The fourth-order valence-electron chi connectivity index (χ4n) is 1.38. The summed E-state index contributed by atoms with van der Waals surface area (Å²) in [5.74, 6) is 0.0308. The predicted octanol–water partition coefficient (Wildman–Crippen LogP) is 1.66. The van der Waals surface area contributed by atoms with Crippen LogP contribution < -0.4 is 5.32 Å². The highest BCUT2D eigenvalue weighted by Crippen LogP contribution is 2.25. The van der Waals surface area contributed by atoms with Gasteiger partial charge in [0.25, 0.3) is 0 Å². The van der Waals surface area contributed by atoms with Gasteiger partial charge in [-0.2, -0.15) is 0 Å². The number of hydrogen-bond acceptors (Lipinski definition) is 4. The summed E-state index contributed by atoms with van der Waals surface area (Å²) < 4.78 is 21.8. The Morgan fingerprint density at radius 3 is 2.67 bits per heavy atom. The number of sulfone groups is 1. The fraction of sp³-hybridized carbons (Fsp3) is 0.455. The van der Waals surface area contributed by atoms with E-state index in [0.717, 1.165) is 0 Å². The lowest BCUT2D eigenvalue weighted by Crippen LogP contribution is -2.27. The van der Waals surface area contributed by atoms with Gasteiger partial charge in [0, 0.05) is 35.0 Å². The van der Waals surface area contributed by atoms with Crippen molar-refractivity contribution in [3.8, 4) is 0 Å². The normalized spacial score (nSPS) is 13.6. The number of benzene rings is 1. The van der Waals surface area contributed by atoms with E-state index in [2.05, 4.69) is 5.32 Å². The molecule has 0 saturated heterocycles. The van der Waals surface area contributed by atoms with Gasteiger partial charge in [-0.05, 0) is 18.2 Å². The van der Waals surface area contributed by atoms with Crippen LogP contribution >= 0.6 is 23.2 Å². The second kappa shape index (κ2) is 6.73. The Morgan fingerprint density at radius 2 is 2.06 bits per heavy atom. The minimum Gasteiger partial charge on any atom is -0.387 e. The van der Waals surface area contributed by atoms with E-state index in [-0.39, 0.29) is 18.8 Å². The summed E-state index contributed by atoms with van der Waals surface area (Å²) in [5.41, 5.74) is 0.524. The van der Waals surface area contributed by atoms with Crippen molar-refractivity contribution >= 4 is 33.0 Å². The van der Waals surface area contributed by atoms with E-state index in [1.807, 2.05) is 0 Å². The summed E-state index contributed by atoms with van der Waals surface area (Å²) in [7, 11) is -2.99. The first-order valence-corrected chi connectivity index (χ1v) is 8.12. The Hall–Kier alpha value is -0.330. The van der Waals surface area contributed by atoms with Gasteiger partial charge in [0.15, 0.2) is 0 Å². The third kappa shape index (κ3) is 5.54. The molecule has 1 aromatic rings. The second-order valence-corrected chi connectivity index (χ2v) is 7.12. The average molecular weight is 312 g/mol. The molecule has 0 amide bonds. The molecule has 1 aromatic carbocycles. The molecule has 102 valence electrons. The maximum atomic E-state index is 10.9. The van der Waals surface area contributed by atoms with Crippen LogP contribution in [0.15, 0.2) is 18.2 Å². The van der Waals surface area contributed by atoms with Gasteiger partial charge < -0.3 is 10.4 Å². The Bertz CT molecular complexity index is 505. The molecule has 1 atom stereocenters. The van der Waals surface area contributed by atoms with Crippen LogP contribution in [0.4, 0.5) is 0 Å². The lowest BCUT2D eigenvalue weighted by Gasteiger charge is -2.13. The number of aliphatic hydroxyl groups excluding tert-OH is 1. The number of rotatable bonds is 6. The maximum absolute atomic E-state index is 10.9. The molecule has 2 N–H and O–H groups in total. The average Bonchev–Trinajstić information content (AvgIpc) is 2.26. The lowest BCUT2D eigenvalue weighted by atomic mass is 10.1.